The Morgan fingerprint density at radius 3 is 2.85 bits per heavy atom. The van der Waals surface area contributed by atoms with Crippen molar-refractivity contribution in [2.45, 2.75) is 70.1 Å². The van der Waals surface area contributed by atoms with Crippen molar-refractivity contribution < 1.29 is 27.8 Å². The van der Waals surface area contributed by atoms with E-state index in [-0.39, 0.29) is 29.5 Å². The zero-order valence-corrected chi connectivity index (χ0v) is 23.3. The number of nitrogens with one attached hydrogen (secondary N) is 2. The van der Waals surface area contributed by atoms with Gasteiger partial charge in [-0.1, -0.05) is 13.0 Å². The van der Waals surface area contributed by atoms with Crippen molar-refractivity contribution in [1.29, 1.82) is 0 Å². The standard InChI is InChI=1S/C32H37F2N3O4/c1-20-4-3-12-37(17-20)13-11-32(39)9-7-23(8-10-32)35-31(38)27-16-24-26(36-27)5-2-6-28(24)40-18-21-19-41-29-15-22(33)14-25(34)30(21)29/h2,5-6,14-16,19-20,23,36,39H,3-4,7-13,17-18H2,1H3,(H,35,38)/t20-,23?,32?/m1/s1. The number of furan rings is 1. The number of fused-ring (bicyclic) bond motifs is 2. The predicted octanol–water partition coefficient (Wildman–Crippen LogP) is 6.30. The quantitative estimate of drug-likeness (QED) is 0.233. The van der Waals surface area contributed by atoms with Crippen molar-refractivity contribution >= 4 is 27.8 Å². The third kappa shape index (κ3) is 6.11. The molecule has 2 fully saturated rings. The third-order valence-electron chi connectivity index (χ3n) is 8.81. The van der Waals surface area contributed by atoms with E-state index in [0.717, 1.165) is 67.9 Å². The summed E-state index contributed by atoms with van der Waals surface area (Å²) in [5.41, 5.74) is 1.09. The molecule has 41 heavy (non-hydrogen) atoms. The number of aromatic nitrogens is 1. The molecule has 4 aromatic rings. The second-order valence-corrected chi connectivity index (χ2v) is 12.0. The van der Waals surface area contributed by atoms with Crippen LogP contribution in [0.25, 0.3) is 21.9 Å². The molecule has 1 saturated carbocycles. The van der Waals surface area contributed by atoms with Gasteiger partial charge in [-0.3, -0.25) is 4.79 Å². The molecule has 2 aliphatic rings. The maximum atomic E-state index is 14.4. The van der Waals surface area contributed by atoms with Gasteiger partial charge >= 0.3 is 0 Å². The average molecular weight is 566 g/mol. The molecule has 9 heteroatoms. The monoisotopic (exact) mass is 565 g/mol. The first kappa shape index (κ1) is 27.7. The van der Waals surface area contributed by atoms with Crippen LogP contribution in [0.5, 0.6) is 5.75 Å². The Bertz CT molecular complexity index is 1540. The van der Waals surface area contributed by atoms with Crippen LogP contribution in [0.4, 0.5) is 8.78 Å². The number of aliphatic hydroxyl groups is 1. The van der Waals surface area contributed by atoms with Crippen molar-refractivity contribution in [3.63, 3.8) is 0 Å². The molecule has 0 bridgehead atoms. The summed E-state index contributed by atoms with van der Waals surface area (Å²) in [6.45, 7) is 5.48. The van der Waals surface area contributed by atoms with Gasteiger partial charge in [0.05, 0.1) is 17.3 Å². The highest BCUT2D eigenvalue weighted by molar-refractivity contribution is 5.99. The van der Waals surface area contributed by atoms with Crippen molar-refractivity contribution in [3.8, 4) is 5.75 Å². The lowest BCUT2D eigenvalue weighted by molar-refractivity contribution is -0.0201. The first-order valence-corrected chi connectivity index (χ1v) is 14.6. The first-order chi connectivity index (χ1) is 19.8. The van der Waals surface area contributed by atoms with E-state index < -0.39 is 17.2 Å². The van der Waals surface area contributed by atoms with Crippen LogP contribution in [0, 0.1) is 17.6 Å². The van der Waals surface area contributed by atoms with E-state index in [2.05, 4.69) is 22.1 Å². The predicted molar refractivity (Wildman–Crippen MR) is 153 cm³/mol. The summed E-state index contributed by atoms with van der Waals surface area (Å²) < 4.78 is 39.2. The lowest BCUT2D eigenvalue weighted by atomic mass is 9.80. The van der Waals surface area contributed by atoms with Crippen molar-refractivity contribution in [3.05, 3.63) is 65.6 Å². The van der Waals surface area contributed by atoms with Crippen molar-refractivity contribution in [1.82, 2.24) is 15.2 Å². The summed E-state index contributed by atoms with van der Waals surface area (Å²) in [6.07, 6.45) is 7.52. The molecule has 3 heterocycles. The van der Waals surface area contributed by atoms with Gasteiger partial charge in [0, 0.05) is 47.7 Å². The summed E-state index contributed by atoms with van der Waals surface area (Å²) in [6, 6.07) is 9.17. The highest BCUT2D eigenvalue weighted by atomic mass is 19.1. The second kappa shape index (κ2) is 11.4. The number of benzene rings is 2. The molecule has 3 N–H and O–H groups in total. The summed E-state index contributed by atoms with van der Waals surface area (Å²) >= 11 is 0. The summed E-state index contributed by atoms with van der Waals surface area (Å²) in [5.74, 6) is -0.351. The first-order valence-electron chi connectivity index (χ1n) is 14.6. The smallest absolute Gasteiger partial charge is 0.267 e. The fourth-order valence-corrected chi connectivity index (χ4v) is 6.45. The van der Waals surface area contributed by atoms with E-state index in [1.54, 1.807) is 12.1 Å². The molecule has 0 radical (unpaired) electrons. The lowest BCUT2D eigenvalue weighted by Gasteiger charge is -2.39. The van der Waals surface area contributed by atoms with E-state index in [1.807, 2.05) is 12.1 Å². The molecular formula is C32H37F2N3O4. The highest BCUT2D eigenvalue weighted by Crippen LogP contribution is 2.33. The Morgan fingerprint density at radius 2 is 2.05 bits per heavy atom. The fraction of sp³-hybridized carbons (Fsp3) is 0.469. The molecule has 2 aromatic heterocycles. The summed E-state index contributed by atoms with van der Waals surface area (Å²) in [4.78, 5) is 18.8. The lowest BCUT2D eigenvalue weighted by Crippen LogP contribution is -2.45. The van der Waals surface area contributed by atoms with Crippen LogP contribution in [0.1, 0.15) is 67.9 Å². The second-order valence-electron chi connectivity index (χ2n) is 12.0. The van der Waals surface area contributed by atoms with E-state index in [1.165, 1.54) is 19.1 Å². The molecule has 1 atom stereocenters. The van der Waals surface area contributed by atoms with Gasteiger partial charge in [-0.05, 0) is 75.6 Å². The molecule has 0 spiro atoms. The number of hydrogen-bond acceptors (Lipinski definition) is 5. The normalized spacial score (nSPS) is 23.7. The number of carbonyl (C=O) groups excluding carboxylic acids is 1. The molecule has 1 aliphatic carbocycles. The van der Waals surface area contributed by atoms with Crippen LogP contribution in [0.15, 0.2) is 47.1 Å². The van der Waals surface area contributed by atoms with E-state index in [9.17, 15) is 18.7 Å². The number of halogens is 2. The van der Waals surface area contributed by atoms with Crippen LogP contribution >= 0.6 is 0 Å². The minimum atomic E-state index is -0.705. The molecule has 2 aromatic carbocycles. The van der Waals surface area contributed by atoms with Gasteiger partial charge in [0.25, 0.3) is 5.91 Å². The number of aromatic amines is 1. The number of carbonyl (C=O) groups is 1. The van der Waals surface area contributed by atoms with E-state index in [0.29, 0.717) is 29.8 Å². The van der Waals surface area contributed by atoms with Crippen LogP contribution in [-0.4, -0.2) is 52.2 Å². The van der Waals surface area contributed by atoms with Gasteiger partial charge in [-0.25, -0.2) is 8.78 Å². The van der Waals surface area contributed by atoms with Crippen molar-refractivity contribution in [2.24, 2.45) is 5.92 Å². The largest absolute Gasteiger partial charge is 0.488 e. The van der Waals surface area contributed by atoms with E-state index in [4.69, 9.17) is 9.15 Å². The third-order valence-corrected chi connectivity index (χ3v) is 8.81. The number of H-pyrrole nitrogens is 1. The van der Waals surface area contributed by atoms with Crippen LogP contribution in [0.2, 0.25) is 0 Å². The van der Waals surface area contributed by atoms with Crippen LogP contribution in [0.3, 0.4) is 0 Å². The number of ether oxygens (including phenoxy) is 1. The zero-order valence-electron chi connectivity index (χ0n) is 23.3. The Hall–Kier alpha value is -3.43. The number of amides is 1. The molecule has 6 rings (SSSR count). The van der Waals surface area contributed by atoms with Gasteiger partial charge in [0.15, 0.2) is 0 Å². The number of hydrogen-bond donors (Lipinski definition) is 3. The Morgan fingerprint density at radius 1 is 1.22 bits per heavy atom. The molecular weight excluding hydrogens is 528 g/mol. The zero-order chi connectivity index (χ0) is 28.6. The SMILES string of the molecule is C[C@@H]1CCCN(CCC2(O)CCC(NC(=O)c3cc4c(OCc5coc6cc(F)cc(F)c56)cccc4[nH]3)CC2)C1. The highest BCUT2D eigenvalue weighted by Gasteiger charge is 2.34. The van der Waals surface area contributed by atoms with Gasteiger partial charge in [-0.15, -0.1) is 0 Å². The molecule has 1 aliphatic heterocycles. The number of piperidine rings is 1. The topological polar surface area (TPSA) is 90.7 Å². The van der Waals surface area contributed by atoms with Crippen molar-refractivity contribution in [2.75, 3.05) is 19.6 Å². The Labute approximate surface area is 237 Å². The minimum absolute atomic E-state index is 0.00835. The molecule has 1 amide bonds. The Kier molecular flexibility index (Phi) is 7.74. The van der Waals surface area contributed by atoms with E-state index >= 15 is 0 Å². The van der Waals surface area contributed by atoms with Crippen LogP contribution in [-0.2, 0) is 6.61 Å². The Balaban J connectivity index is 1.06. The van der Waals surface area contributed by atoms with Crippen LogP contribution < -0.4 is 10.1 Å². The molecule has 1 saturated heterocycles. The summed E-state index contributed by atoms with van der Waals surface area (Å²) in [5, 5.41) is 15.2. The van der Waals surface area contributed by atoms with Gasteiger partial charge < -0.3 is 29.5 Å². The maximum absolute atomic E-state index is 14.4. The van der Waals surface area contributed by atoms with Gasteiger partial charge in [-0.2, -0.15) is 0 Å². The number of rotatable bonds is 8. The number of likely N-dealkylation sites (tertiary alicyclic amines) is 1. The molecule has 0 unspecified atom stereocenters. The summed E-state index contributed by atoms with van der Waals surface area (Å²) in [7, 11) is 0. The average Bonchev–Trinajstić information content (AvgIpc) is 3.57. The fourth-order valence-electron chi connectivity index (χ4n) is 6.45. The molecule has 218 valence electrons. The van der Waals surface area contributed by atoms with Gasteiger partial charge in [0.2, 0.25) is 0 Å². The molecule has 7 nitrogen and oxygen atoms in total. The minimum Gasteiger partial charge on any atom is -0.488 e. The van der Waals surface area contributed by atoms with Gasteiger partial charge in [0.1, 0.15) is 35.3 Å². The number of nitrogens with zero attached hydrogens (tertiary/aromatic N) is 1. The maximum Gasteiger partial charge on any atom is 0.267 e.